The molecule has 1 aromatic carbocycles. The standard InChI is InChI=1S/C11H10ClNO2/c1-6(12)11(14)8-3-4-9-10(5-8)15-7(2)13-9/h3-6H,1-2H3. The van der Waals surface area contributed by atoms with Gasteiger partial charge in [0.15, 0.2) is 17.3 Å². The van der Waals surface area contributed by atoms with Crippen molar-refractivity contribution >= 4 is 28.5 Å². The molecule has 1 heterocycles. The molecule has 78 valence electrons. The second kappa shape index (κ2) is 3.66. The number of carbonyl (C=O) groups is 1. The molecule has 0 saturated heterocycles. The molecule has 4 heteroatoms. The highest BCUT2D eigenvalue weighted by Gasteiger charge is 2.13. The summed E-state index contributed by atoms with van der Waals surface area (Å²) in [6.07, 6.45) is 0. The molecule has 2 aromatic rings. The zero-order chi connectivity index (χ0) is 11.0. The SMILES string of the molecule is Cc1nc2ccc(C(=O)C(C)Cl)cc2o1. The van der Waals surface area contributed by atoms with Crippen molar-refractivity contribution in [3.63, 3.8) is 0 Å². The summed E-state index contributed by atoms with van der Waals surface area (Å²) in [5, 5.41) is -0.522. The Morgan fingerprint density at radius 1 is 1.53 bits per heavy atom. The number of carbonyl (C=O) groups excluding carboxylic acids is 1. The Morgan fingerprint density at radius 3 is 2.93 bits per heavy atom. The smallest absolute Gasteiger partial charge is 0.192 e. The number of nitrogens with zero attached hydrogens (tertiary/aromatic N) is 1. The van der Waals surface area contributed by atoms with Crippen molar-refractivity contribution < 1.29 is 9.21 Å². The van der Waals surface area contributed by atoms with Gasteiger partial charge in [-0.05, 0) is 25.1 Å². The van der Waals surface area contributed by atoms with Gasteiger partial charge in [0.1, 0.15) is 5.52 Å². The lowest BCUT2D eigenvalue weighted by Crippen LogP contribution is -2.09. The summed E-state index contributed by atoms with van der Waals surface area (Å²) in [6.45, 7) is 3.42. The third-order valence-corrected chi connectivity index (χ3v) is 2.34. The van der Waals surface area contributed by atoms with Gasteiger partial charge in [-0.15, -0.1) is 11.6 Å². The Labute approximate surface area is 92.1 Å². The minimum atomic E-state index is -0.522. The molecule has 0 aliphatic carbocycles. The zero-order valence-electron chi connectivity index (χ0n) is 8.45. The van der Waals surface area contributed by atoms with Crippen molar-refractivity contribution in [1.82, 2.24) is 4.98 Å². The summed E-state index contributed by atoms with van der Waals surface area (Å²) in [4.78, 5) is 15.7. The lowest BCUT2D eigenvalue weighted by atomic mass is 10.1. The molecular weight excluding hydrogens is 214 g/mol. The van der Waals surface area contributed by atoms with E-state index in [2.05, 4.69) is 4.98 Å². The number of rotatable bonds is 2. The number of Topliss-reactive ketones (excluding diaryl/α,β-unsaturated/α-hetero) is 1. The van der Waals surface area contributed by atoms with E-state index >= 15 is 0 Å². The molecule has 0 radical (unpaired) electrons. The maximum Gasteiger partial charge on any atom is 0.192 e. The molecular formula is C11H10ClNO2. The number of aryl methyl sites for hydroxylation is 1. The van der Waals surface area contributed by atoms with Crippen LogP contribution in [-0.4, -0.2) is 16.1 Å². The lowest BCUT2D eigenvalue weighted by Gasteiger charge is -2.01. The zero-order valence-corrected chi connectivity index (χ0v) is 9.21. The van der Waals surface area contributed by atoms with Crippen LogP contribution in [-0.2, 0) is 0 Å². The summed E-state index contributed by atoms with van der Waals surface area (Å²) in [5.41, 5.74) is 1.93. The average molecular weight is 224 g/mol. The molecule has 15 heavy (non-hydrogen) atoms. The summed E-state index contributed by atoms with van der Waals surface area (Å²) >= 11 is 5.72. The van der Waals surface area contributed by atoms with E-state index < -0.39 is 5.38 Å². The van der Waals surface area contributed by atoms with Gasteiger partial charge in [-0.2, -0.15) is 0 Å². The quantitative estimate of drug-likeness (QED) is 0.581. The number of aromatic nitrogens is 1. The van der Waals surface area contributed by atoms with E-state index in [-0.39, 0.29) is 5.78 Å². The van der Waals surface area contributed by atoms with Gasteiger partial charge >= 0.3 is 0 Å². The Kier molecular flexibility index (Phi) is 2.49. The van der Waals surface area contributed by atoms with E-state index in [1.165, 1.54) is 0 Å². The van der Waals surface area contributed by atoms with Crippen LogP contribution in [0.15, 0.2) is 22.6 Å². The third-order valence-electron chi connectivity index (χ3n) is 2.14. The molecule has 3 nitrogen and oxygen atoms in total. The molecule has 0 spiro atoms. The monoisotopic (exact) mass is 223 g/mol. The largest absolute Gasteiger partial charge is 0.441 e. The third kappa shape index (κ3) is 1.88. The van der Waals surface area contributed by atoms with Gasteiger partial charge in [0.05, 0.1) is 5.38 Å². The fourth-order valence-electron chi connectivity index (χ4n) is 1.42. The van der Waals surface area contributed by atoms with E-state index in [1.807, 2.05) is 0 Å². The maximum absolute atomic E-state index is 11.6. The number of ketones is 1. The first kappa shape index (κ1) is 10.2. The molecule has 0 bridgehead atoms. The fraction of sp³-hybridized carbons (Fsp3) is 0.273. The van der Waals surface area contributed by atoms with Crippen LogP contribution in [0.3, 0.4) is 0 Å². The maximum atomic E-state index is 11.6. The van der Waals surface area contributed by atoms with E-state index in [0.717, 1.165) is 5.52 Å². The first-order valence-corrected chi connectivity index (χ1v) is 5.07. The van der Waals surface area contributed by atoms with Crippen LogP contribution in [0.4, 0.5) is 0 Å². The van der Waals surface area contributed by atoms with E-state index in [0.29, 0.717) is 17.0 Å². The normalized spacial score (nSPS) is 13.0. The molecule has 2 rings (SSSR count). The highest BCUT2D eigenvalue weighted by atomic mass is 35.5. The van der Waals surface area contributed by atoms with Crippen LogP contribution in [0.25, 0.3) is 11.1 Å². The minimum absolute atomic E-state index is 0.104. The summed E-state index contributed by atoms with van der Waals surface area (Å²) < 4.78 is 5.33. The van der Waals surface area contributed by atoms with Crippen molar-refractivity contribution in [2.45, 2.75) is 19.2 Å². The van der Waals surface area contributed by atoms with E-state index in [1.54, 1.807) is 32.0 Å². The number of oxazole rings is 1. The van der Waals surface area contributed by atoms with Gasteiger partial charge in [0, 0.05) is 12.5 Å². The second-order valence-corrected chi connectivity index (χ2v) is 4.05. The van der Waals surface area contributed by atoms with Gasteiger partial charge in [-0.1, -0.05) is 0 Å². The van der Waals surface area contributed by atoms with Crippen LogP contribution in [0.1, 0.15) is 23.2 Å². The van der Waals surface area contributed by atoms with Crippen molar-refractivity contribution in [2.75, 3.05) is 0 Å². The summed E-state index contributed by atoms with van der Waals surface area (Å²) in [7, 11) is 0. The summed E-state index contributed by atoms with van der Waals surface area (Å²) in [6, 6.07) is 5.15. The van der Waals surface area contributed by atoms with Crippen molar-refractivity contribution in [3.8, 4) is 0 Å². The van der Waals surface area contributed by atoms with Crippen LogP contribution in [0.5, 0.6) is 0 Å². The fourth-order valence-corrected chi connectivity index (χ4v) is 1.55. The van der Waals surface area contributed by atoms with Crippen LogP contribution in [0, 0.1) is 6.92 Å². The number of benzene rings is 1. The van der Waals surface area contributed by atoms with Crippen LogP contribution < -0.4 is 0 Å². The minimum Gasteiger partial charge on any atom is -0.441 e. The molecule has 1 aromatic heterocycles. The molecule has 1 atom stereocenters. The predicted octanol–water partition coefficient (Wildman–Crippen LogP) is 2.95. The number of halogens is 1. The predicted molar refractivity (Wildman–Crippen MR) is 58.4 cm³/mol. The Morgan fingerprint density at radius 2 is 2.27 bits per heavy atom. The number of hydrogen-bond acceptors (Lipinski definition) is 3. The summed E-state index contributed by atoms with van der Waals surface area (Å²) in [5.74, 6) is 0.487. The van der Waals surface area contributed by atoms with Crippen molar-refractivity contribution in [2.24, 2.45) is 0 Å². The number of alkyl halides is 1. The van der Waals surface area contributed by atoms with Crippen molar-refractivity contribution in [1.29, 1.82) is 0 Å². The van der Waals surface area contributed by atoms with Gasteiger partial charge in [0.2, 0.25) is 0 Å². The number of hydrogen-bond donors (Lipinski definition) is 0. The van der Waals surface area contributed by atoms with Crippen molar-refractivity contribution in [3.05, 3.63) is 29.7 Å². The molecule has 0 aliphatic heterocycles. The first-order valence-electron chi connectivity index (χ1n) is 4.63. The molecule has 0 aliphatic rings. The molecule has 0 fully saturated rings. The Hall–Kier alpha value is -1.35. The van der Waals surface area contributed by atoms with Gasteiger partial charge in [-0.3, -0.25) is 4.79 Å². The highest BCUT2D eigenvalue weighted by Crippen LogP contribution is 2.18. The average Bonchev–Trinajstić information content (AvgIpc) is 2.55. The molecule has 0 saturated carbocycles. The second-order valence-electron chi connectivity index (χ2n) is 3.40. The van der Waals surface area contributed by atoms with Crippen LogP contribution >= 0.6 is 11.6 Å². The topological polar surface area (TPSA) is 43.1 Å². The molecule has 1 unspecified atom stereocenters. The number of fused-ring (bicyclic) bond motifs is 1. The highest BCUT2D eigenvalue weighted by molar-refractivity contribution is 6.33. The van der Waals surface area contributed by atoms with Gasteiger partial charge in [0.25, 0.3) is 0 Å². The molecule has 0 N–H and O–H groups in total. The van der Waals surface area contributed by atoms with E-state index in [9.17, 15) is 4.79 Å². The van der Waals surface area contributed by atoms with Crippen LogP contribution in [0.2, 0.25) is 0 Å². The Balaban J connectivity index is 2.51. The van der Waals surface area contributed by atoms with Gasteiger partial charge in [-0.25, -0.2) is 4.98 Å². The Bertz CT molecular complexity index is 516. The van der Waals surface area contributed by atoms with E-state index in [4.69, 9.17) is 16.0 Å². The van der Waals surface area contributed by atoms with Gasteiger partial charge < -0.3 is 4.42 Å². The lowest BCUT2D eigenvalue weighted by molar-refractivity contribution is 0.0992. The molecule has 0 amide bonds. The first-order chi connectivity index (χ1) is 7.08.